The number of thioether (sulfide) groups is 1. The molecule has 2 unspecified atom stereocenters. The van der Waals surface area contributed by atoms with Crippen LogP contribution in [0.15, 0.2) is 5.16 Å². The second-order valence-corrected chi connectivity index (χ2v) is 13.3. The number of hydrogen-bond donors (Lipinski definition) is 0. The fourth-order valence-electron chi connectivity index (χ4n) is 6.53. The minimum atomic E-state index is -0.502. The number of fused-ring (bicyclic) bond motifs is 5. The van der Waals surface area contributed by atoms with E-state index in [-0.39, 0.29) is 17.9 Å². The highest BCUT2D eigenvalue weighted by Crippen LogP contribution is 2.64. The molecule has 0 aromatic carbocycles. The lowest BCUT2D eigenvalue weighted by Gasteiger charge is -2.37. The smallest absolute Gasteiger partial charge is 0.189 e. The molecule has 2 aromatic rings. The van der Waals surface area contributed by atoms with Gasteiger partial charge in [-0.2, -0.15) is 5.10 Å². The summed E-state index contributed by atoms with van der Waals surface area (Å²) >= 11 is 4.10. The number of nitrogens with zero attached hydrogens (tertiary/aromatic N) is 5. The maximum atomic E-state index is 6.58. The first-order valence-electron chi connectivity index (χ1n) is 14.0. The maximum Gasteiger partial charge on any atom is 0.189 e. The van der Waals surface area contributed by atoms with E-state index in [0.29, 0.717) is 19.8 Å². The van der Waals surface area contributed by atoms with Gasteiger partial charge in [-0.25, -0.2) is 14.6 Å². The van der Waals surface area contributed by atoms with E-state index in [4.69, 9.17) is 34.0 Å². The van der Waals surface area contributed by atoms with Gasteiger partial charge in [0.05, 0.1) is 31.0 Å². The fraction of sp³-hybridized carbons (Fsp3) is 0.741. The zero-order valence-corrected chi connectivity index (χ0v) is 25.2. The summed E-state index contributed by atoms with van der Waals surface area (Å²) in [6.07, 6.45) is 10.6. The molecule has 5 heterocycles. The summed E-state index contributed by atoms with van der Waals surface area (Å²) in [7, 11) is 0. The topological polar surface area (TPSA) is 83.8 Å². The Morgan fingerprint density at radius 3 is 2.58 bits per heavy atom. The van der Waals surface area contributed by atoms with Gasteiger partial charge < -0.3 is 23.8 Å². The third-order valence-corrected chi connectivity index (χ3v) is 10.1. The molecule has 3 atom stereocenters. The molecule has 38 heavy (non-hydrogen) atoms. The van der Waals surface area contributed by atoms with Crippen LogP contribution in [-0.2, 0) is 24.4 Å². The molecule has 7 rings (SSSR count). The van der Waals surface area contributed by atoms with Crippen molar-refractivity contribution in [3.8, 4) is 11.3 Å². The molecule has 3 aliphatic heterocycles. The molecule has 5 aliphatic rings. The van der Waals surface area contributed by atoms with Crippen molar-refractivity contribution in [3.05, 3.63) is 15.0 Å². The molecule has 0 N–H and O–H groups in total. The summed E-state index contributed by atoms with van der Waals surface area (Å²) in [5.41, 5.74) is 4.08. The summed E-state index contributed by atoms with van der Waals surface area (Å²) in [6.45, 7) is 6.29. The van der Waals surface area contributed by atoms with Crippen LogP contribution in [0.5, 0.6) is 0 Å². The Balaban J connectivity index is 1.30. The van der Waals surface area contributed by atoms with E-state index >= 15 is 0 Å². The largest absolute Gasteiger partial charge is 0.377 e. The molecule has 0 radical (unpaired) electrons. The molecule has 1 saturated carbocycles. The zero-order chi connectivity index (χ0) is 25.9. The van der Waals surface area contributed by atoms with E-state index in [2.05, 4.69) is 45.4 Å². The molecule has 206 valence electrons. The predicted molar refractivity (Wildman–Crippen MR) is 153 cm³/mol. The summed E-state index contributed by atoms with van der Waals surface area (Å²) < 4.78 is 28.1. The van der Waals surface area contributed by atoms with Gasteiger partial charge in [0.2, 0.25) is 0 Å². The number of hydrogen-bond acceptors (Lipinski definition) is 9. The van der Waals surface area contributed by atoms with E-state index in [0.717, 1.165) is 92.6 Å². The third-order valence-electron chi connectivity index (χ3n) is 8.54. The molecular formula is C27H36IN5O4S. The zero-order valence-electron chi connectivity index (χ0n) is 22.2. The van der Waals surface area contributed by atoms with Crippen LogP contribution < -0.4 is 4.90 Å². The Labute approximate surface area is 241 Å². The van der Waals surface area contributed by atoms with E-state index in [1.54, 1.807) is 11.8 Å². The SMILES string of the molecule is CSc1nc(N2CCOC[C@@](C)(OC3CCCCO3)C2)c2c(n1)C1(CC1)c1c-2nn(C2CCCCO2)c1I. The molecule has 0 amide bonds. The van der Waals surface area contributed by atoms with Gasteiger partial charge in [-0.15, -0.1) is 0 Å². The first-order valence-corrected chi connectivity index (χ1v) is 16.3. The molecular weight excluding hydrogens is 617 g/mol. The van der Waals surface area contributed by atoms with Crippen molar-refractivity contribution in [2.45, 2.75) is 87.0 Å². The predicted octanol–water partition coefficient (Wildman–Crippen LogP) is 4.90. The van der Waals surface area contributed by atoms with E-state index in [9.17, 15) is 0 Å². The van der Waals surface area contributed by atoms with Gasteiger partial charge >= 0.3 is 0 Å². The molecule has 1 spiro atoms. The number of halogens is 1. The maximum absolute atomic E-state index is 6.58. The van der Waals surface area contributed by atoms with E-state index in [1.807, 2.05) is 0 Å². The number of rotatable bonds is 5. The van der Waals surface area contributed by atoms with Crippen LogP contribution in [0.25, 0.3) is 11.3 Å². The Bertz CT molecular complexity index is 1210. The van der Waals surface area contributed by atoms with Crippen molar-refractivity contribution in [2.24, 2.45) is 0 Å². The van der Waals surface area contributed by atoms with Crippen LogP contribution in [0.1, 0.15) is 75.8 Å². The first kappa shape index (κ1) is 25.9. The highest BCUT2D eigenvalue weighted by atomic mass is 127. The van der Waals surface area contributed by atoms with Gasteiger partial charge in [-0.1, -0.05) is 11.8 Å². The van der Waals surface area contributed by atoms with Crippen molar-refractivity contribution in [1.29, 1.82) is 0 Å². The lowest BCUT2D eigenvalue weighted by molar-refractivity contribution is -0.227. The average molecular weight is 654 g/mol. The van der Waals surface area contributed by atoms with Crippen molar-refractivity contribution < 1.29 is 18.9 Å². The molecule has 4 fully saturated rings. The Kier molecular flexibility index (Phi) is 6.92. The van der Waals surface area contributed by atoms with Gasteiger partial charge in [0.1, 0.15) is 20.8 Å². The minimum absolute atomic E-state index is 0.00844. The Hall–Kier alpha value is -0.990. The quantitative estimate of drug-likeness (QED) is 0.254. The van der Waals surface area contributed by atoms with Crippen LogP contribution >= 0.6 is 34.4 Å². The third kappa shape index (κ3) is 4.39. The Morgan fingerprint density at radius 2 is 1.87 bits per heavy atom. The van der Waals surface area contributed by atoms with Crippen molar-refractivity contribution in [3.63, 3.8) is 0 Å². The molecule has 9 nitrogen and oxygen atoms in total. The average Bonchev–Trinajstić information content (AvgIpc) is 3.64. The van der Waals surface area contributed by atoms with E-state index in [1.165, 1.54) is 15.7 Å². The normalized spacial score (nSPS) is 30.2. The summed E-state index contributed by atoms with van der Waals surface area (Å²) in [6, 6.07) is 0. The van der Waals surface area contributed by atoms with E-state index < -0.39 is 5.60 Å². The van der Waals surface area contributed by atoms with Crippen LogP contribution in [0, 0.1) is 3.70 Å². The number of aromatic nitrogens is 4. The molecule has 2 aliphatic carbocycles. The van der Waals surface area contributed by atoms with Gasteiger partial charge in [0.15, 0.2) is 17.7 Å². The van der Waals surface area contributed by atoms with Gasteiger partial charge in [0.25, 0.3) is 0 Å². The lowest BCUT2D eigenvalue weighted by Crippen LogP contribution is -2.47. The monoisotopic (exact) mass is 653 g/mol. The number of ether oxygens (including phenoxy) is 4. The van der Waals surface area contributed by atoms with Gasteiger partial charge in [0, 0.05) is 30.7 Å². The Morgan fingerprint density at radius 1 is 1.05 bits per heavy atom. The molecule has 11 heteroatoms. The first-order chi connectivity index (χ1) is 18.5. The van der Waals surface area contributed by atoms with Gasteiger partial charge in [-0.3, -0.25) is 0 Å². The second kappa shape index (κ2) is 10.1. The molecule has 3 saturated heterocycles. The lowest BCUT2D eigenvalue weighted by atomic mass is 10.00. The number of anilines is 1. The van der Waals surface area contributed by atoms with Crippen LogP contribution in [0.4, 0.5) is 5.82 Å². The highest BCUT2D eigenvalue weighted by Gasteiger charge is 2.58. The van der Waals surface area contributed by atoms with Crippen LogP contribution in [0.3, 0.4) is 0 Å². The molecule has 2 aromatic heterocycles. The fourth-order valence-corrected chi connectivity index (χ4v) is 8.08. The van der Waals surface area contributed by atoms with Crippen molar-refractivity contribution >= 4 is 40.2 Å². The van der Waals surface area contributed by atoms with Crippen LogP contribution in [0.2, 0.25) is 0 Å². The standard InChI is InChI=1S/C27H36IN5O4S/c1-26(37-18-8-4-6-13-36-18)15-32(11-14-34-16-26)24-19-21-20(23(28)33(31-21)17-7-3-5-12-35-17)27(9-10-27)22(19)29-25(30-24)38-2/h17-18H,3-16H2,1-2H3/t17?,18?,26-/m0/s1. The summed E-state index contributed by atoms with van der Waals surface area (Å²) in [4.78, 5) is 12.6. The highest BCUT2D eigenvalue weighted by molar-refractivity contribution is 14.1. The van der Waals surface area contributed by atoms with Crippen molar-refractivity contribution in [1.82, 2.24) is 19.7 Å². The van der Waals surface area contributed by atoms with Gasteiger partial charge in [-0.05, 0) is 87.1 Å². The molecule has 0 bridgehead atoms. The van der Waals surface area contributed by atoms with Crippen LogP contribution in [-0.4, -0.2) is 77.4 Å². The summed E-state index contributed by atoms with van der Waals surface area (Å²) in [5.74, 6) is 0.958. The summed E-state index contributed by atoms with van der Waals surface area (Å²) in [5, 5.41) is 6.06. The second-order valence-electron chi connectivity index (χ2n) is 11.5. The minimum Gasteiger partial charge on any atom is -0.377 e. The van der Waals surface area contributed by atoms with Crippen molar-refractivity contribution in [2.75, 3.05) is 50.7 Å².